The number of nitrogens with zero attached hydrogens (tertiary/aromatic N) is 2. The summed E-state index contributed by atoms with van der Waals surface area (Å²) in [7, 11) is 2.03. The zero-order valence-electron chi connectivity index (χ0n) is 9.38. The number of imidazole rings is 1. The average Bonchev–Trinajstić information content (AvgIpc) is 2.59. The Morgan fingerprint density at radius 2 is 2.13 bits per heavy atom. The molecule has 1 aromatic heterocycles. The van der Waals surface area contributed by atoms with Crippen molar-refractivity contribution in [1.29, 1.82) is 0 Å². The monoisotopic (exact) mass is 270 g/mol. The molecule has 15 heavy (non-hydrogen) atoms. The topological polar surface area (TPSA) is 17.8 Å². The maximum Gasteiger partial charge on any atom is 0.107 e. The van der Waals surface area contributed by atoms with Gasteiger partial charge in [0.1, 0.15) is 4.60 Å². The molecule has 0 atom stereocenters. The van der Waals surface area contributed by atoms with Crippen LogP contribution in [0, 0.1) is 5.92 Å². The first-order valence-electron chi connectivity index (χ1n) is 5.93. The van der Waals surface area contributed by atoms with Crippen molar-refractivity contribution in [3.05, 3.63) is 16.6 Å². The van der Waals surface area contributed by atoms with E-state index in [4.69, 9.17) is 0 Å². The highest BCUT2D eigenvalue weighted by molar-refractivity contribution is 9.10. The van der Waals surface area contributed by atoms with Crippen LogP contribution in [0.5, 0.6) is 0 Å². The molecule has 0 amide bonds. The van der Waals surface area contributed by atoms with Gasteiger partial charge in [-0.3, -0.25) is 0 Å². The SMILES string of the molecule is Cn1cnc(CCC2CCCCC2)c1Br. The fourth-order valence-corrected chi connectivity index (χ4v) is 2.84. The van der Waals surface area contributed by atoms with Gasteiger partial charge in [-0.1, -0.05) is 32.1 Å². The van der Waals surface area contributed by atoms with E-state index in [1.54, 1.807) is 0 Å². The van der Waals surface area contributed by atoms with E-state index in [0.29, 0.717) is 0 Å². The van der Waals surface area contributed by atoms with E-state index in [-0.39, 0.29) is 0 Å². The number of halogens is 1. The van der Waals surface area contributed by atoms with Gasteiger partial charge in [0.2, 0.25) is 0 Å². The van der Waals surface area contributed by atoms with Crippen LogP contribution < -0.4 is 0 Å². The van der Waals surface area contributed by atoms with Crippen molar-refractivity contribution < 1.29 is 0 Å². The second kappa shape index (κ2) is 5.15. The van der Waals surface area contributed by atoms with Gasteiger partial charge in [-0.2, -0.15) is 0 Å². The van der Waals surface area contributed by atoms with Crippen LogP contribution in [0.25, 0.3) is 0 Å². The van der Waals surface area contributed by atoms with Crippen LogP contribution in [0.1, 0.15) is 44.2 Å². The lowest BCUT2D eigenvalue weighted by Crippen LogP contribution is -2.07. The van der Waals surface area contributed by atoms with E-state index in [2.05, 4.69) is 20.9 Å². The summed E-state index contributed by atoms with van der Waals surface area (Å²) in [5.41, 5.74) is 1.23. The minimum atomic E-state index is 0.952. The summed E-state index contributed by atoms with van der Waals surface area (Å²) in [4.78, 5) is 4.42. The molecule has 3 heteroatoms. The second-order valence-corrected chi connectivity index (χ2v) is 5.39. The van der Waals surface area contributed by atoms with Crippen molar-refractivity contribution >= 4 is 15.9 Å². The molecule has 0 radical (unpaired) electrons. The normalized spacial score (nSPS) is 18.3. The maximum atomic E-state index is 4.42. The molecule has 84 valence electrons. The van der Waals surface area contributed by atoms with Gasteiger partial charge in [0.25, 0.3) is 0 Å². The molecule has 0 aliphatic heterocycles. The minimum Gasteiger partial charge on any atom is -0.328 e. The van der Waals surface area contributed by atoms with E-state index >= 15 is 0 Å². The fourth-order valence-electron chi connectivity index (χ4n) is 2.45. The molecule has 2 rings (SSSR count). The van der Waals surface area contributed by atoms with Crippen LogP contribution in [-0.4, -0.2) is 9.55 Å². The Morgan fingerprint density at radius 1 is 1.40 bits per heavy atom. The summed E-state index contributed by atoms with van der Waals surface area (Å²) >= 11 is 3.58. The Hall–Kier alpha value is -0.310. The van der Waals surface area contributed by atoms with Crippen LogP contribution >= 0.6 is 15.9 Å². The molecule has 0 N–H and O–H groups in total. The Labute approximate surface area is 100 Å². The molecular formula is C12H19BrN2. The van der Waals surface area contributed by atoms with E-state index in [9.17, 15) is 0 Å². The number of aromatic nitrogens is 2. The third-order valence-corrected chi connectivity index (χ3v) is 4.47. The van der Waals surface area contributed by atoms with Gasteiger partial charge in [-0.05, 0) is 34.7 Å². The van der Waals surface area contributed by atoms with Gasteiger partial charge in [0.15, 0.2) is 0 Å². The maximum absolute atomic E-state index is 4.42. The fraction of sp³-hybridized carbons (Fsp3) is 0.750. The van der Waals surface area contributed by atoms with Crippen LogP contribution in [0.2, 0.25) is 0 Å². The second-order valence-electron chi connectivity index (χ2n) is 4.64. The van der Waals surface area contributed by atoms with Crippen molar-refractivity contribution in [2.75, 3.05) is 0 Å². The third-order valence-electron chi connectivity index (χ3n) is 3.45. The third kappa shape index (κ3) is 2.83. The van der Waals surface area contributed by atoms with E-state index in [0.717, 1.165) is 16.9 Å². The summed E-state index contributed by atoms with van der Waals surface area (Å²) in [6.45, 7) is 0. The Kier molecular flexibility index (Phi) is 3.84. The summed E-state index contributed by atoms with van der Waals surface area (Å²) in [6, 6.07) is 0. The molecule has 1 saturated carbocycles. The zero-order valence-corrected chi connectivity index (χ0v) is 11.0. The van der Waals surface area contributed by atoms with E-state index in [1.165, 1.54) is 44.2 Å². The molecule has 0 unspecified atom stereocenters. The Morgan fingerprint density at radius 3 is 2.73 bits per heavy atom. The molecule has 1 aliphatic rings. The molecule has 0 saturated heterocycles. The molecule has 1 heterocycles. The number of hydrogen-bond donors (Lipinski definition) is 0. The minimum absolute atomic E-state index is 0.952. The van der Waals surface area contributed by atoms with E-state index in [1.807, 2.05) is 17.9 Å². The Bertz CT molecular complexity index is 313. The van der Waals surface area contributed by atoms with Gasteiger partial charge in [-0.25, -0.2) is 4.98 Å². The quantitative estimate of drug-likeness (QED) is 0.819. The van der Waals surface area contributed by atoms with Crippen LogP contribution in [0.15, 0.2) is 10.9 Å². The molecule has 1 fully saturated rings. The lowest BCUT2D eigenvalue weighted by atomic mass is 9.86. The average molecular weight is 271 g/mol. The summed E-state index contributed by atoms with van der Waals surface area (Å²) < 4.78 is 3.19. The standard InChI is InChI=1S/C12H19BrN2/c1-15-9-14-11(12(15)13)8-7-10-5-3-2-4-6-10/h9-10H,2-8H2,1H3. The molecule has 1 aromatic rings. The lowest BCUT2D eigenvalue weighted by Gasteiger charge is -2.20. The van der Waals surface area contributed by atoms with Gasteiger partial charge in [0.05, 0.1) is 12.0 Å². The van der Waals surface area contributed by atoms with Crippen LogP contribution in [0.3, 0.4) is 0 Å². The van der Waals surface area contributed by atoms with Gasteiger partial charge < -0.3 is 4.57 Å². The van der Waals surface area contributed by atoms with Crippen molar-refractivity contribution in [2.45, 2.75) is 44.9 Å². The van der Waals surface area contributed by atoms with Gasteiger partial charge in [0, 0.05) is 7.05 Å². The molecule has 0 aromatic carbocycles. The molecule has 1 aliphatic carbocycles. The molecule has 2 nitrogen and oxygen atoms in total. The first-order chi connectivity index (χ1) is 7.27. The highest BCUT2D eigenvalue weighted by Crippen LogP contribution is 2.28. The summed E-state index contributed by atoms with van der Waals surface area (Å²) in [5, 5.41) is 0. The highest BCUT2D eigenvalue weighted by Gasteiger charge is 2.14. The number of aryl methyl sites for hydroxylation is 2. The molecule has 0 bridgehead atoms. The summed E-state index contributed by atoms with van der Waals surface area (Å²) in [6.07, 6.45) is 11.5. The molecular weight excluding hydrogens is 252 g/mol. The first kappa shape index (κ1) is 11.2. The zero-order chi connectivity index (χ0) is 10.7. The number of rotatable bonds is 3. The van der Waals surface area contributed by atoms with Crippen LogP contribution in [0.4, 0.5) is 0 Å². The number of hydrogen-bond acceptors (Lipinski definition) is 1. The van der Waals surface area contributed by atoms with Gasteiger partial charge in [-0.15, -0.1) is 0 Å². The van der Waals surface area contributed by atoms with Gasteiger partial charge >= 0.3 is 0 Å². The highest BCUT2D eigenvalue weighted by atomic mass is 79.9. The van der Waals surface area contributed by atoms with Crippen molar-refractivity contribution in [3.8, 4) is 0 Å². The predicted octanol–water partition coefficient (Wildman–Crippen LogP) is 3.70. The van der Waals surface area contributed by atoms with Crippen molar-refractivity contribution in [1.82, 2.24) is 9.55 Å². The smallest absolute Gasteiger partial charge is 0.107 e. The predicted molar refractivity (Wildman–Crippen MR) is 65.8 cm³/mol. The van der Waals surface area contributed by atoms with Crippen LogP contribution in [-0.2, 0) is 13.5 Å². The van der Waals surface area contributed by atoms with E-state index < -0.39 is 0 Å². The Balaban J connectivity index is 1.84. The largest absolute Gasteiger partial charge is 0.328 e. The van der Waals surface area contributed by atoms with Crippen molar-refractivity contribution in [2.24, 2.45) is 13.0 Å². The lowest BCUT2D eigenvalue weighted by molar-refractivity contribution is 0.338. The molecule has 0 spiro atoms. The first-order valence-corrected chi connectivity index (χ1v) is 6.72. The van der Waals surface area contributed by atoms with Crippen molar-refractivity contribution in [3.63, 3.8) is 0 Å². The summed E-state index contributed by atoms with van der Waals surface area (Å²) in [5.74, 6) is 0.952.